The Kier molecular flexibility index (Phi) is 4.48. The second kappa shape index (κ2) is 6.70. The number of nitrogens with zero attached hydrogens (tertiary/aromatic N) is 3. The van der Waals surface area contributed by atoms with Crippen molar-refractivity contribution < 1.29 is 4.74 Å². The molecule has 1 unspecified atom stereocenters. The van der Waals surface area contributed by atoms with E-state index in [1.807, 2.05) is 6.07 Å². The standard InChI is InChI=1S/C16H21N5O/c1-11-5-3-6-12(2)15(11)20-16-19-14(10-18-21-16)17-9-13-7-4-8-22-13/h3,5-6,10,13H,4,7-9H2,1-2H3,(H2,17,19,20,21). The zero-order chi connectivity index (χ0) is 15.4. The van der Waals surface area contributed by atoms with E-state index in [9.17, 15) is 0 Å². The highest BCUT2D eigenvalue weighted by atomic mass is 16.5. The van der Waals surface area contributed by atoms with Crippen molar-refractivity contribution in [3.63, 3.8) is 0 Å². The van der Waals surface area contributed by atoms with Gasteiger partial charge in [-0.05, 0) is 37.8 Å². The first kappa shape index (κ1) is 14.7. The molecule has 1 aliphatic rings. The summed E-state index contributed by atoms with van der Waals surface area (Å²) in [7, 11) is 0. The van der Waals surface area contributed by atoms with Gasteiger partial charge in [-0.3, -0.25) is 0 Å². The molecule has 6 heteroatoms. The van der Waals surface area contributed by atoms with Gasteiger partial charge in [0.2, 0.25) is 5.95 Å². The molecule has 1 atom stereocenters. The summed E-state index contributed by atoms with van der Waals surface area (Å²) in [4.78, 5) is 4.46. The molecular weight excluding hydrogens is 278 g/mol. The summed E-state index contributed by atoms with van der Waals surface area (Å²) in [5.41, 5.74) is 3.34. The van der Waals surface area contributed by atoms with Gasteiger partial charge in [0.15, 0.2) is 5.82 Å². The second-order valence-electron chi connectivity index (χ2n) is 5.57. The van der Waals surface area contributed by atoms with Crippen molar-refractivity contribution in [2.75, 3.05) is 23.8 Å². The predicted molar refractivity (Wildman–Crippen MR) is 86.5 cm³/mol. The predicted octanol–water partition coefficient (Wildman–Crippen LogP) is 2.82. The lowest BCUT2D eigenvalue weighted by atomic mass is 10.1. The first-order chi connectivity index (χ1) is 10.7. The number of hydrogen-bond donors (Lipinski definition) is 2. The van der Waals surface area contributed by atoms with E-state index < -0.39 is 0 Å². The molecule has 1 aromatic heterocycles. The molecule has 2 heterocycles. The Morgan fingerprint density at radius 1 is 1.27 bits per heavy atom. The zero-order valence-electron chi connectivity index (χ0n) is 13.0. The van der Waals surface area contributed by atoms with Crippen LogP contribution in [0.2, 0.25) is 0 Å². The number of aryl methyl sites for hydroxylation is 2. The van der Waals surface area contributed by atoms with Gasteiger partial charge in [0.25, 0.3) is 0 Å². The molecule has 1 aliphatic heterocycles. The number of nitrogens with one attached hydrogen (secondary N) is 2. The maximum atomic E-state index is 5.59. The average Bonchev–Trinajstić information content (AvgIpc) is 3.03. The van der Waals surface area contributed by atoms with Crippen LogP contribution in [0.15, 0.2) is 24.4 Å². The fraction of sp³-hybridized carbons (Fsp3) is 0.438. The molecule has 2 N–H and O–H groups in total. The van der Waals surface area contributed by atoms with Crippen LogP contribution < -0.4 is 10.6 Å². The number of aromatic nitrogens is 3. The lowest BCUT2D eigenvalue weighted by molar-refractivity contribution is 0.120. The first-order valence-corrected chi connectivity index (χ1v) is 7.61. The highest BCUT2D eigenvalue weighted by Crippen LogP contribution is 2.22. The molecule has 22 heavy (non-hydrogen) atoms. The fourth-order valence-corrected chi connectivity index (χ4v) is 2.59. The van der Waals surface area contributed by atoms with Crippen molar-refractivity contribution >= 4 is 17.5 Å². The van der Waals surface area contributed by atoms with E-state index >= 15 is 0 Å². The van der Waals surface area contributed by atoms with Gasteiger partial charge in [-0.15, -0.1) is 5.10 Å². The largest absolute Gasteiger partial charge is 0.376 e. The van der Waals surface area contributed by atoms with E-state index in [0.717, 1.165) is 42.8 Å². The van der Waals surface area contributed by atoms with Crippen molar-refractivity contribution in [1.29, 1.82) is 0 Å². The van der Waals surface area contributed by atoms with Gasteiger partial charge in [0, 0.05) is 18.8 Å². The number of hydrogen-bond acceptors (Lipinski definition) is 6. The van der Waals surface area contributed by atoms with Gasteiger partial charge in [0.1, 0.15) is 0 Å². The van der Waals surface area contributed by atoms with Crippen molar-refractivity contribution in [1.82, 2.24) is 15.2 Å². The first-order valence-electron chi connectivity index (χ1n) is 7.61. The molecule has 1 saturated heterocycles. The summed E-state index contributed by atoms with van der Waals surface area (Å²) in [6.45, 7) is 5.72. The molecule has 116 valence electrons. The Morgan fingerprint density at radius 3 is 2.82 bits per heavy atom. The zero-order valence-corrected chi connectivity index (χ0v) is 13.0. The number of ether oxygens (including phenoxy) is 1. The molecular formula is C16H21N5O. The second-order valence-corrected chi connectivity index (χ2v) is 5.57. The third-order valence-corrected chi connectivity index (χ3v) is 3.81. The SMILES string of the molecule is Cc1cccc(C)c1Nc1nncc(NCC2CCCO2)n1. The summed E-state index contributed by atoms with van der Waals surface area (Å²) in [5.74, 6) is 1.20. The van der Waals surface area contributed by atoms with Gasteiger partial charge in [-0.1, -0.05) is 18.2 Å². The normalized spacial score (nSPS) is 17.5. The van der Waals surface area contributed by atoms with E-state index in [1.54, 1.807) is 6.20 Å². The minimum absolute atomic E-state index is 0.269. The van der Waals surface area contributed by atoms with Crippen LogP contribution in [0.1, 0.15) is 24.0 Å². The minimum Gasteiger partial charge on any atom is -0.376 e. The van der Waals surface area contributed by atoms with E-state index in [4.69, 9.17) is 4.74 Å². The summed E-state index contributed by atoms with van der Waals surface area (Å²) < 4.78 is 5.59. The quantitative estimate of drug-likeness (QED) is 0.884. The Hall–Kier alpha value is -2.21. The van der Waals surface area contributed by atoms with Crippen LogP contribution in [0.4, 0.5) is 17.5 Å². The van der Waals surface area contributed by atoms with Crippen LogP contribution in [0.5, 0.6) is 0 Å². The monoisotopic (exact) mass is 299 g/mol. The van der Waals surface area contributed by atoms with Crippen molar-refractivity contribution in [3.8, 4) is 0 Å². The van der Waals surface area contributed by atoms with E-state index in [1.165, 1.54) is 0 Å². The Labute approximate surface area is 130 Å². The molecule has 0 amide bonds. The topological polar surface area (TPSA) is 72.0 Å². The molecule has 0 saturated carbocycles. The third kappa shape index (κ3) is 3.51. The Balaban J connectivity index is 1.68. The maximum absolute atomic E-state index is 5.59. The Morgan fingerprint density at radius 2 is 2.09 bits per heavy atom. The lowest BCUT2D eigenvalue weighted by Gasteiger charge is -2.13. The molecule has 0 aliphatic carbocycles. The van der Waals surface area contributed by atoms with Crippen LogP contribution >= 0.6 is 0 Å². The minimum atomic E-state index is 0.269. The fourth-order valence-electron chi connectivity index (χ4n) is 2.59. The van der Waals surface area contributed by atoms with E-state index in [-0.39, 0.29) is 6.10 Å². The summed E-state index contributed by atoms with van der Waals surface area (Å²) in [6, 6.07) is 6.15. The smallest absolute Gasteiger partial charge is 0.249 e. The van der Waals surface area contributed by atoms with Gasteiger partial charge in [0.05, 0.1) is 12.3 Å². The lowest BCUT2D eigenvalue weighted by Crippen LogP contribution is -2.19. The van der Waals surface area contributed by atoms with Crippen LogP contribution in [0.3, 0.4) is 0 Å². The summed E-state index contributed by atoms with van der Waals surface area (Å²) in [5, 5.41) is 14.6. The van der Waals surface area contributed by atoms with Gasteiger partial charge >= 0.3 is 0 Å². The van der Waals surface area contributed by atoms with Gasteiger partial charge in [-0.2, -0.15) is 10.1 Å². The van der Waals surface area contributed by atoms with Crippen LogP contribution in [0.25, 0.3) is 0 Å². The van der Waals surface area contributed by atoms with Crippen LogP contribution in [-0.2, 0) is 4.74 Å². The molecule has 2 aromatic rings. The van der Waals surface area contributed by atoms with Gasteiger partial charge < -0.3 is 15.4 Å². The molecule has 6 nitrogen and oxygen atoms in total. The number of para-hydroxylation sites is 1. The van der Waals surface area contributed by atoms with Crippen LogP contribution in [0, 0.1) is 13.8 Å². The van der Waals surface area contributed by atoms with Crippen molar-refractivity contribution in [2.24, 2.45) is 0 Å². The molecule has 1 aromatic carbocycles. The molecule has 0 radical (unpaired) electrons. The Bertz CT molecular complexity index is 620. The highest BCUT2D eigenvalue weighted by molar-refractivity contribution is 5.63. The molecule has 3 rings (SSSR count). The van der Waals surface area contributed by atoms with E-state index in [2.05, 4.69) is 51.8 Å². The molecule has 0 bridgehead atoms. The van der Waals surface area contributed by atoms with Crippen LogP contribution in [-0.4, -0.2) is 34.4 Å². The number of rotatable bonds is 5. The summed E-state index contributed by atoms with van der Waals surface area (Å²) >= 11 is 0. The average molecular weight is 299 g/mol. The summed E-state index contributed by atoms with van der Waals surface area (Å²) in [6.07, 6.45) is 4.13. The maximum Gasteiger partial charge on any atom is 0.249 e. The molecule has 0 spiro atoms. The number of benzene rings is 1. The van der Waals surface area contributed by atoms with E-state index in [0.29, 0.717) is 11.8 Å². The van der Waals surface area contributed by atoms with Crippen molar-refractivity contribution in [2.45, 2.75) is 32.8 Å². The number of anilines is 3. The third-order valence-electron chi connectivity index (χ3n) is 3.81. The van der Waals surface area contributed by atoms with Crippen molar-refractivity contribution in [3.05, 3.63) is 35.5 Å². The molecule has 1 fully saturated rings. The highest BCUT2D eigenvalue weighted by Gasteiger charge is 2.15. The van der Waals surface area contributed by atoms with Gasteiger partial charge in [-0.25, -0.2) is 0 Å².